The Morgan fingerprint density at radius 3 is 1.98 bits per heavy atom. The van der Waals surface area contributed by atoms with Crippen molar-refractivity contribution >= 4 is 41.4 Å². The number of phenolic OH excluding ortho intramolecular Hbond substituents is 1. The first-order chi connectivity index (χ1) is 21.7. The van der Waals surface area contributed by atoms with Gasteiger partial charge in [0, 0.05) is 12.8 Å². The zero-order chi connectivity index (χ0) is 34.3. The normalized spacial score (nSPS) is 13.8. The highest BCUT2D eigenvalue weighted by molar-refractivity contribution is 7.98. The molecule has 16 heteroatoms. The lowest BCUT2D eigenvalue weighted by Gasteiger charge is -2.25. The highest BCUT2D eigenvalue weighted by Gasteiger charge is 2.34. The Balaban J connectivity index is 2.14. The number of aromatic hydroxyl groups is 1. The molecule has 0 aromatic heterocycles. The number of rotatable bonds is 18. The molecule has 252 valence electrons. The average Bonchev–Trinajstić information content (AvgIpc) is 3.00. The highest BCUT2D eigenvalue weighted by Crippen LogP contribution is 2.22. The minimum absolute atomic E-state index is 0.0187. The fourth-order valence-corrected chi connectivity index (χ4v) is 4.67. The van der Waals surface area contributed by atoms with E-state index in [4.69, 9.17) is 5.73 Å². The van der Waals surface area contributed by atoms with Gasteiger partial charge in [0.1, 0.15) is 23.9 Å². The standard InChI is InChI=1S/C30H38F3N5O7S/c1-46-14-12-23(29(44)45)37-28(43)24(16-18-5-3-2-4-6-18)38-27(42)22(11-13-30(31,32)33)36-25(40)17-35-26(41)21(34)15-19-7-9-20(39)10-8-19/h2-10,21-24,39H,11-17,34H2,1H3,(H,35,41)(H,36,40)(H,37,43)(H,38,42)(H,44,45)/t21-,22-,23-,24-/m0/s1. The number of hydrogen-bond acceptors (Lipinski definition) is 8. The maximum Gasteiger partial charge on any atom is 0.389 e. The number of benzene rings is 2. The number of nitrogens with one attached hydrogen (secondary N) is 4. The summed E-state index contributed by atoms with van der Waals surface area (Å²) in [5.41, 5.74) is 7.07. The molecule has 2 aromatic carbocycles. The molecule has 0 aliphatic rings. The van der Waals surface area contributed by atoms with Crippen molar-refractivity contribution in [1.82, 2.24) is 21.3 Å². The molecule has 2 rings (SSSR count). The molecule has 12 nitrogen and oxygen atoms in total. The third-order valence-corrected chi connectivity index (χ3v) is 7.30. The van der Waals surface area contributed by atoms with Gasteiger partial charge in [-0.15, -0.1) is 0 Å². The number of carboxylic acids is 1. The van der Waals surface area contributed by atoms with Gasteiger partial charge in [-0.25, -0.2) is 4.79 Å². The topological polar surface area (TPSA) is 200 Å². The Morgan fingerprint density at radius 2 is 1.39 bits per heavy atom. The fourth-order valence-electron chi connectivity index (χ4n) is 4.20. The van der Waals surface area contributed by atoms with Crippen molar-refractivity contribution in [2.45, 2.75) is 62.4 Å². The number of alkyl halides is 3. The van der Waals surface area contributed by atoms with Crippen LogP contribution in [-0.2, 0) is 36.8 Å². The van der Waals surface area contributed by atoms with Gasteiger partial charge in [0.25, 0.3) is 0 Å². The summed E-state index contributed by atoms with van der Waals surface area (Å²) in [6, 6.07) is 8.73. The number of carbonyl (C=O) groups is 5. The molecule has 2 aromatic rings. The number of thioether (sulfide) groups is 1. The van der Waals surface area contributed by atoms with Crippen LogP contribution in [0.4, 0.5) is 13.2 Å². The summed E-state index contributed by atoms with van der Waals surface area (Å²) in [6.45, 7) is -0.707. The highest BCUT2D eigenvalue weighted by atomic mass is 32.2. The lowest BCUT2D eigenvalue weighted by Crippen LogP contribution is -2.57. The van der Waals surface area contributed by atoms with Gasteiger partial charge in [-0.05, 0) is 54.5 Å². The quantitative estimate of drug-likeness (QED) is 0.122. The van der Waals surface area contributed by atoms with Crippen molar-refractivity contribution < 1.29 is 47.4 Å². The molecule has 0 heterocycles. The summed E-state index contributed by atoms with van der Waals surface area (Å²) in [4.78, 5) is 63.2. The van der Waals surface area contributed by atoms with E-state index in [9.17, 15) is 47.4 Å². The molecule has 0 spiro atoms. The number of hydrogen-bond donors (Lipinski definition) is 7. The van der Waals surface area contributed by atoms with Gasteiger partial charge >= 0.3 is 12.1 Å². The molecule has 0 unspecified atom stereocenters. The largest absolute Gasteiger partial charge is 0.508 e. The van der Waals surface area contributed by atoms with E-state index >= 15 is 0 Å². The molecule has 8 N–H and O–H groups in total. The fraction of sp³-hybridized carbons (Fsp3) is 0.433. The maximum absolute atomic E-state index is 13.2. The van der Waals surface area contributed by atoms with Crippen molar-refractivity contribution in [3.8, 4) is 5.75 Å². The number of carboxylic acid groups (broad SMARTS) is 1. The van der Waals surface area contributed by atoms with E-state index < -0.39 is 79.3 Å². The van der Waals surface area contributed by atoms with Gasteiger partial charge in [0.05, 0.1) is 12.6 Å². The van der Waals surface area contributed by atoms with E-state index in [0.29, 0.717) is 16.9 Å². The van der Waals surface area contributed by atoms with Crippen LogP contribution in [0.15, 0.2) is 54.6 Å². The molecular formula is C30H38F3N5O7S. The molecule has 0 aliphatic heterocycles. The van der Waals surface area contributed by atoms with Crippen LogP contribution in [0.2, 0.25) is 0 Å². The van der Waals surface area contributed by atoms with E-state index in [1.165, 1.54) is 23.9 Å². The summed E-state index contributed by atoms with van der Waals surface area (Å²) in [5.74, 6) is -4.58. The molecule has 46 heavy (non-hydrogen) atoms. The van der Waals surface area contributed by atoms with Crippen LogP contribution in [0, 0.1) is 0 Å². The summed E-state index contributed by atoms with van der Waals surface area (Å²) in [7, 11) is 0. The smallest absolute Gasteiger partial charge is 0.389 e. The van der Waals surface area contributed by atoms with E-state index in [2.05, 4.69) is 21.3 Å². The number of phenols is 1. The maximum atomic E-state index is 13.2. The third kappa shape index (κ3) is 14.2. The number of halogens is 3. The van der Waals surface area contributed by atoms with Crippen molar-refractivity contribution in [3.05, 3.63) is 65.7 Å². The molecule has 4 atom stereocenters. The second-order valence-electron chi connectivity index (χ2n) is 10.4. The first-order valence-corrected chi connectivity index (χ1v) is 15.6. The summed E-state index contributed by atoms with van der Waals surface area (Å²) >= 11 is 1.36. The number of aliphatic carboxylic acids is 1. The predicted octanol–water partition coefficient (Wildman–Crippen LogP) is 1.26. The Kier molecular flexibility index (Phi) is 15.3. The summed E-state index contributed by atoms with van der Waals surface area (Å²) < 4.78 is 39.3. The molecule has 4 amide bonds. The van der Waals surface area contributed by atoms with E-state index in [-0.39, 0.29) is 25.0 Å². The Bertz CT molecular complexity index is 1320. The van der Waals surface area contributed by atoms with Crippen molar-refractivity contribution in [2.75, 3.05) is 18.6 Å². The molecule has 0 saturated heterocycles. The monoisotopic (exact) mass is 669 g/mol. The second kappa shape index (κ2) is 18.6. The lowest BCUT2D eigenvalue weighted by molar-refractivity contribution is -0.143. The summed E-state index contributed by atoms with van der Waals surface area (Å²) in [5, 5.41) is 28.1. The van der Waals surface area contributed by atoms with Gasteiger partial charge in [-0.3, -0.25) is 19.2 Å². The van der Waals surface area contributed by atoms with E-state index in [0.717, 1.165) is 0 Å². The van der Waals surface area contributed by atoms with E-state index in [1.807, 2.05) is 0 Å². The van der Waals surface area contributed by atoms with Crippen LogP contribution >= 0.6 is 11.8 Å². The number of amides is 4. The molecule has 0 aliphatic carbocycles. The second-order valence-corrected chi connectivity index (χ2v) is 11.4. The average molecular weight is 670 g/mol. The van der Waals surface area contributed by atoms with Crippen LogP contribution in [0.5, 0.6) is 5.75 Å². The van der Waals surface area contributed by atoms with Gasteiger partial charge in [0.2, 0.25) is 23.6 Å². The lowest BCUT2D eigenvalue weighted by atomic mass is 10.0. The van der Waals surface area contributed by atoms with Gasteiger partial charge in [-0.1, -0.05) is 42.5 Å². The minimum Gasteiger partial charge on any atom is -0.508 e. The number of carbonyl (C=O) groups excluding carboxylic acids is 4. The van der Waals surface area contributed by atoms with E-state index in [1.54, 1.807) is 48.7 Å². The minimum atomic E-state index is -4.68. The molecular weight excluding hydrogens is 631 g/mol. The molecule has 0 bridgehead atoms. The van der Waals surface area contributed by atoms with Crippen molar-refractivity contribution in [3.63, 3.8) is 0 Å². The van der Waals surface area contributed by atoms with Crippen LogP contribution in [0.1, 0.15) is 30.4 Å². The molecule has 0 fully saturated rings. The zero-order valence-electron chi connectivity index (χ0n) is 25.0. The Labute approximate surface area is 268 Å². The first kappa shape index (κ1) is 37.9. The van der Waals surface area contributed by atoms with Crippen LogP contribution in [-0.4, -0.2) is 88.7 Å². The molecule has 0 radical (unpaired) electrons. The van der Waals surface area contributed by atoms with Gasteiger partial charge < -0.3 is 37.2 Å². The van der Waals surface area contributed by atoms with Crippen LogP contribution in [0.25, 0.3) is 0 Å². The number of nitrogens with two attached hydrogens (primary N) is 1. The summed E-state index contributed by atoms with van der Waals surface area (Å²) in [6.07, 6.45) is -5.21. The van der Waals surface area contributed by atoms with Crippen molar-refractivity contribution in [2.24, 2.45) is 5.73 Å². The van der Waals surface area contributed by atoms with Gasteiger partial charge in [0.15, 0.2) is 0 Å². The van der Waals surface area contributed by atoms with Crippen molar-refractivity contribution in [1.29, 1.82) is 0 Å². The van der Waals surface area contributed by atoms with Crippen LogP contribution in [0.3, 0.4) is 0 Å². The zero-order valence-corrected chi connectivity index (χ0v) is 25.8. The van der Waals surface area contributed by atoms with Crippen LogP contribution < -0.4 is 27.0 Å². The first-order valence-electron chi connectivity index (χ1n) is 14.2. The Hall–Kier alpha value is -4.31. The Morgan fingerprint density at radius 1 is 0.804 bits per heavy atom. The van der Waals surface area contributed by atoms with Gasteiger partial charge in [-0.2, -0.15) is 24.9 Å². The SMILES string of the molecule is CSCC[C@H](NC(=O)[C@H](Cc1ccccc1)NC(=O)[C@H](CCC(F)(F)F)NC(=O)CNC(=O)[C@@H](N)Cc1ccc(O)cc1)C(=O)O. The predicted molar refractivity (Wildman–Crippen MR) is 165 cm³/mol. The third-order valence-electron chi connectivity index (χ3n) is 6.66. The molecule has 0 saturated carbocycles.